The molecular weight excluding hydrogens is 304 g/mol. The van der Waals surface area contributed by atoms with E-state index in [-0.39, 0.29) is 0 Å². The molecule has 114 valence electrons. The summed E-state index contributed by atoms with van der Waals surface area (Å²) in [6.07, 6.45) is 0.859. The number of aromatic amines is 1. The Kier molecular flexibility index (Phi) is 3.42. The molecule has 1 aromatic carbocycles. The van der Waals surface area contributed by atoms with Crippen molar-refractivity contribution in [3.05, 3.63) is 53.4 Å². The van der Waals surface area contributed by atoms with Crippen molar-refractivity contribution in [3.63, 3.8) is 0 Å². The topological polar surface area (TPSA) is 54.5 Å². The SMILES string of the molecule is CCc1nc(-c2ccc3scnc3c2)c(-c2cccc(C)n2)[nH]1. The summed E-state index contributed by atoms with van der Waals surface area (Å²) in [5.41, 5.74) is 7.78. The molecule has 0 aliphatic rings. The van der Waals surface area contributed by atoms with Crippen LogP contribution >= 0.6 is 11.3 Å². The first-order chi connectivity index (χ1) is 11.2. The van der Waals surface area contributed by atoms with Crippen LogP contribution in [0.2, 0.25) is 0 Å². The van der Waals surface area contributed by atoms with Crippen molar-refractivity contribution in [1.29, 1.82) is 0 Å². The number of aryl methyl sites for hydroxylation is 2. The smallest absolute Gasteiger partial charge is 0.107 e. The predicted octanol–water partition coefficient (Wildman–Crippen LogP) is 4.62. The van der Waals surface area contributed by atoms with E-state index in [4.69, 9.17) is 4.98 Å². The third-order valence-electron chi connectivity index (χ3n) is 3.84. The molecule has 0 aliphatic heterocycles. The molecular formula is C18H16N4S. The van der Waals surface area contributed by atoms with Gasteiger partial charge in [-0.25, -0.2) is 9.97 Å². The maximum atomic E-state index is 4.78. The average molecular weight is 320 g/mol. The molecule has 0 aliphatic carbocycles. The highest BCUT2D eigenvalue weighted by atomic mass is 32.1. The maximum Gasteiger partial charge on any atom is 0.107 e. The Morgan fingerprint density at radius 2 is 2.04 bits per heavy atom. The summed E-state index contributed by atoms with van der Waals surface area (Å²) >= 11 is 1.65. The number of rotatable bonds is 3. The number of nitrogens with zero attached hydrogens (tertiary/aromatic N) is 3. The Morgan fingerprint density at radius 1 is 1.13 bits per heavy atom. The van der Waals surface area contributed by atoms with Crippen molar-refractivity contribution in [1.82, 2.24) is 19.9 Å². The number of aromatic nitrogens is 4. The summed E-state index contributed by atoms with van der Waals surface area (Å²) in [5, 5.41) is 0. The lowest BCUT2D eigenvalue weighted by Gasteiger charge is -2.03. The van der Waals surface area contributed by atoms with E-state index in [1.165, 1.54) is 4.70 Å². The largest absolute Gasteiger partial charge is 0.340 e. The minimum absolute atomic E-state index is 0.859. The molecule has 0 bridgehead atoms. The van der Waals surface area contributed by atoms with Gasteiger partial charge in [-0.2, -0.15) is 0 Å². The van der Waals surface area contributed by atoms with Gasteiger partial charge in [-0.05, 0) is 31.2 Å². The molecule has 4 aromatic rings. The van der Waals surface area contributed by atoms with Crippen LogP contribution in [0.5, 0.6) is 0 Å². The van der Waals surface area contributed by atoms with Crippen LogP contribution in [0.25, 0.3) is 32.9 Å². The fourth-order valence-electron chi connectivity index (χ4n) is 2.67. The highest BCUT2D eigenvalue weighted by molar-refractivity contribution is 7.16. The van der Waals surface area contributed by atoms with Gasteiger partial charge in [-0.1, -0.05) is 19.1 Å². The fourth-order valence-corrected chi connectivity index (χ4v) is 3.33. The van der Waals surface area contributed by atoms with Crippen molar-refractivity contribution in [3.8, 4) is 22.6 Å². The van der Waals surface area contributed by atoms with E-state index in [1.54, 1.807) is 11.3 Å². The highest BCUT2D eigenvalue weighted by Crippen LogP contribution is 2.31. The lowest BCUT2D eigenvalue weighted by Crippen LogP contribution is -1.89. The Hall–Kier alpha value is -2.53. The van der Waals surface area contributed by atoms with Gasteiger partial charge in [0.05, 0.1) is 32.8 Å². The quantitative estimate of drug-likeness (QED) is 0.599. The van der Waals surface area contributed by atoms with Crippen LogP contribution in [-0.4, -0.2) is 19.9 Å². The van der Waals surface area contributed by atoms with Gasteiger partial charge in [0.1, 0.15) is 5.82 Å². The monoisotopic (exact) mass is 320 g/mol. The number of hydrogen-bond acceptors (Lipinski definition) is 4. The zero-order valence-electron chi connectivity index (χ0n) is 13.0. The van der Waals surface area contributed by atoms with Crippen molar-refractivity contribution in [2.75, 3.05) is 0 Å². The number of H-pyrrole nitrogens is 1. The summed E-state index contributed by atoms with van der Waals surface area (Å²) in [7, 11) is 0. The molecule has 23 heavy (non-hydrogen) atoms. The molecule has 0 saturated heterocycles. The van der Waals surface area contributed by atoms with Crippen LogP contribution in [0.15, 0.2) is 41.9 Å². The number of fused-ring (bicyclic) bond motifs is 1. The zero-order valence-corrected chi connectivity index (χ0v) is 13.8. The first-order valence-electron chi connectivity index (χ1n) is 7.61. The van der Waals surface area contributed by atoms with Gasteiger partial charge in [0, 0.05) is 17.7 Å². The first kappa shape index (κ1) is 14.1. The summed E-state index contributed by atoms with van der Waals surface area (Å²) in [5.74, 6) is 0.969. The van der Waals surface area contributed by atoms with Gasteiger partial charge >= 0.3 is 0 Å². The van der Waals surface area contributed by atoms with Crippen LogP contribution in [0.3, 0.4) is 0 Å². The molecule has 5 heteroatoms. The molecule has 0 atom stereocenters. The molecule has 1 N–H and O–H groups in total. The number of pyridine rings is 1. The molecule has 0 fully saturated rings. The molecule has 0 unspecified atom stereocenters. The second-order valence-corrected chi connectivity index (χ2v) is 6.35. The normalized spacial score (nSPS) is 11.2. The van der Waals surface area contributed by atoms with E-state index in [9.17, 15) is 0 Å². The Bertz CT molecular complexity index is 984. The van der Waals surface area contributed by atoms with Gasteiger partial charge in [-0.3, -0.25) is 4.98 Å². The van der Waals surface area contributed by atoms with Gasteiger partial charge in [0.15, 0.2) is 0 Å². The molecule has 0 amide bonds. The van der Waals surface area contributed by atoms with E-state index in [1.807, 2.05) is 30.6 Å². The predicted molar refractivity (Wildman–Crippen MR) is 94.5 cm³/mol. The molecule has 0 spiro atoms. The van der Waals surface area contributed by atoms with E-state index in [0.29, 0.717) is 0 Å². The van der Waals surface area contributed by atoms with Gasteiger partial charge < -0.3 is 4.98 Å². The molecule has 3 heterocycles. The van der Waals surface area contributed by atoms with Crippen LogP contribution in [-0.2, 0) is 6.42 Å². The molecule has 0 saturated carbocycles. The lowest BCUT2D eigenvalue weighted by molar-refractivity contribution is 0.990. The van der Waals surface area contributed by atoms with E-state index in [0.717, 1.165) is 46.1 Å². The number of benzene rings is 1. The van der Waals surface area contributed by atoms with E-state index < -0.39 is 0 Å². The van der Waals surface area contributed by atoms with E-state index in [2.05, 4.69) is 40.1 Å². The summed E-state index contributed by atoms with van der Waals surface area (Å²) < 4.78 is 1.19. The second kappa shape index (κ2) is 5.59. The summed E-state index contributed by atoms with van der Waals surface area (Å²) in [4.78, 5) is 17.3. The fraction of sp³-hybridized carbons (Fsp3) is 0.167. The van der Waals surface area contributed by atoms with Crippen molar-refractivity contribution in [2.24, 2.45) is 0 Å². The lowest BCUT2D eigenvalue weighted by atomic mass is 10.1. The average Bonchev–Trinajstić information content (AvgIpc) is 3.20. The minimum atomic E-state index is 0.859. The van der Waals surface area contributed by atoms with Crippen LogP contribution in [0.4, 0.5) is 0 Å². The summed E-state index contributed by atoms with van der Waals surface area (Å²) in [6, 6.07) is 12.4. The van der Waals surface area contributed by atoms with Gasteiger partial charge in [-0.15, -0.1) is 11.3 Å². The second-order valence-electron chi connectivity index (χ2n) is 5.46. The van der Waals surface area contributed by atoms with Crippen molar-refractivity contribution >= 4 is 21.6 Å². The number of nitrogens with one attached hydrogen (secondary N) is 1. The van der Waals surface area contributed by atoms with Gasteiger partial charge in [0.2, 0.25) is 0 Å². The third-order valence-corrected chi connectivity index (χ3v) is 4.65. The van der Waals surface area contributed by atoms with Crippen LogP contribution in [0.1, 0.15) is 18.4 Å². The van der Waals surface area contributed by atoms with E-state index >= 15 is 0 Å². The van der Waals surface area contributed by atoms with Crippen molar-refractivity contribution in [2.45, 2.75) is 20.3 Å². The maximum absolute atomic E-state index is 4.78. The van der Waals surface area contributed by atoms with Crippen molar-refractivity contribution < 1.29 is 0 Å². The Morgan fingerprint density at radius 3 is 2.87 bits per heavy atom. The van der Waals surface area contributed by atoms with Crippen LogP contribution < -0.4 is 0 Å². The first-order valence-corrected chi connectivity index (χ1v) is 8.49. The Balaban J connectivity index is 1.91. The van der Waals surface area contributed by atoms with Crippen LogP contribution in [0, 0.1) is 6.92 Å². The molecule has 4 rings (SSSR count). The number of hydrogen-bond donors (Lipinski definition) is 1. The third kappa shape index (κ3) is 2.53. The minimum Gasteiger partial charge on any atom is -0.340 e. The molecule has 4 nitrogen and oxygen atoms in total. The highest BCUT2D eigenvalue weighted by Gasteiger charge is 2.15. The number of thiazole rings is 1. The standard InChI is InChI=1S/C18H16N4S/c1-3-16-21-17(12-7-8-15-14(9-12)19-10-23-15)18(22-16)13-6-4-5-11(2)20-13/h4-10H,3H2,1-2H3,(H,21,22). The Labute approximate surface area is 138 Å². The number of imidazole rings is 1. The zero-order chi connectivity index (χ0) is 15.8. The summed E-state index contributed by atoms with van der Waals surface area (Å²) in [6.45, 7) is 4.10. The molecule has 3 aromatic heterocycles. The van der Waals surface area contributed by atoms with Gasteiger partial charge in [0.25, 0.3) is 0 Å². The molecule has 0 radical (unpaired) electrons.